The molecule has 0 radical (unpaired) electrons. The number of nitrogens with one attached hydrogen (secondary N) is 2. The van der Waals surface area contributed by atoms with Crippen molar-refractivity contribution in [2.45, 2.75) is 10.8 Å². The lowest BCUT2D eigenvalue weighted by Gasteiger charge is -2.21. The van der Waals surface area contributed by atoms with Crippen molar-refractivity contribution in [1.29, 1.82) is 5.41 Å². The summed E-state index contributed by atoms with van der Waals surface area (Å²) >= 11 is 2.98. The number of hydrogen-bond donors (Lipinski definition) is 3. The molecule has 1 unspecified atom stereocenters. The smallest absolute Gasteiger partial charge is 0.233 e. The number of nitrogens with zero attached hydrogens (tertiary/aromatic N) is 2. The van der Waals surface area contributed by atoms with E-state index in [1.165, 1.54) is 29.0 Å². The molecule has 6 nitrogen and oxygen atoms in total. The summed E-state index contributed by atoms with van der Waals surface area (Å²) in [7, 11) is 0. The average molecular weight is 443 g/mol. The van der Waals surface area contributed by atoms with Gasteiger partial charge in [0, 0.05) is 28.8 Å². The topological polar surface area (TPSA) is 89.3 Å². The summed E-state index contributed by atoms with van der Waals surface area (Å²) in [5.41, 5.74) is 3.93. The maximum Gasteiger partial charge on any atom is 0.233 e. The molecule has 1 amide bonds. The van der Waals surface area contributed by atoms with Crippen LogP contribution in [0.2, 0.25) is 0 Å². The standard InChI is InChI=1S/C21H19FN4O2S2/c22-17-4-2-1-3-15(17)16(11-27)21(28)26-9-13(18(23)10-26)8-25-30-14-5-6-19-20(7-14)29-12-24-19/h1-8,12,16,23,25,27H,9-11H2/b13-8-,23-18?. The Balaban J connectivity index is 1.41. The maximum atomic E-state index is 14.1. The Morgan fingerprint density at radius 3 is 3.00 bits per heavy atom. The van der Waals surface area contributed by atoms with E-state index in [0.29, 0.717) is 11.3 Å². The molecule has 0 spiro atoms. The predicted octanol–water partition coefficient (Wildman–Crippen LogP) is 3.55. The number of aromatic nitrogens is 1. The SMILES string of the molecule is N=C1CN(C(=O)C(CO)c2ccccc2F)C/C1=C/NSc1ccc2ncsc2c1. The molecule has 2 aromatic carbocycles. The van der Waals surface area contributed by atoms with Crippen LogP contribution in [0.5, 0.6) is 0 Å². The summed E-state index contributed by atoms with van der Waals surface area (Å²) in [6.07, 6.45) is 1.72. The van der Waals surface area contributed by atoms with Gasteiger partial charge >= 0.3 is 0 Å². The molecule has 3 aromatic rings. The fraction of sp³-hybridized carbons (Fsp3) is 0.190. The van der Waals surface area contributed by atoms with Gasteiger partial charge in [-0.1, -0.05) is 18.2 Å². The fourth-order valence-corrected chi connectivity index (χ4v) is 4.73. The van der Waals surface area contributed by atoms with E-state index in [4.69, 9.17) is 5.41 Å². The summed E-state index contributed by atoms with van der Waals surface area (Å²) in [6, 6.07) is 11.9. The number of likely N-dealkylation sites (tertiary alicyclic amines) is 1. The van der Waals surface area contributed by atoms with Gasteiger partial charge in [-0.25, -0.2) is 9.37 Å². The monoisotopic (exact) mass is 442 g/mol. The van der Waals surface area contributed by atoms with Crippen LogP contribution >= 0.6 is 23.3 Å². The third kappa shape index (κ3) is 4.23. The van der Waals surface area contributed by atoms with Crippen molar-refractivity contribution in [2.75, 3.05) is 19.7 Å². The molecule has 1 saturated heterocycles. The largest absolute Gasteiger partial charge is 0.395 e. The third-order valence-electron chi connectivity index (χ3n) is 4.88. The molecule has 1 atom stereocenters. The van der Waals surface area contributed by atoms with E-state index in [-0.39, 0.29) is 24.6 Å². The predicted molar refractivity (Wildman–Crippen MR) is 117 cm³/mol. The van der Waals surface area contributed by atoms with Gasteiger partial charge in [0.1, 0.15) is 5.82 Å². The molecule has 0 bridgehead atoms. The number of carbonyl (C=O) groups excluding carboxylic acids is 1. The molecule has 1 aliphatic rings. The molecule has 9 heteroatoms. The van der Waals surface area contributed by atoms with Crippen LogP contribution in [0.25, 0.3) is 10.2 Å². The van der Waals surface area contributed by atoms with E-state index >= 15 is 0 Å². The second-order valence-electron chi connectivity index (χ2n) is 6.80. The van der Waals surface area contributed by atoms with Crippen molar-refractivity contribution in [2.24, 2.45) is 0 Å². The number of aliphatic hydroxyl groups excluding tert-OH is 1. The van der Waals surface area contributed by atoms with Gasteiger partial charge in [0.05, 0.1) is 40.5 Å². The molecular formula is C21H19FN4O2S2. The maximum absolute atomic E-state index is 14.1. The number of carbonyl (C=O) groups is 1. The Bertz CT molecular complexity index is 1130. The second kappa shape index (κ2) is 8.95. The number of amides is 1. The first-order valence-electron chi connectivity index (χ1n) is 9.23. The molecule has 0 saturated carbocycles. The molecule has 0 aliphatic carbocycles. The number of halogens is 1. The minimum absolute atomic E-state index is 0.134. The minimum Gasteiger partial charge on any atom is -0.395 e. The van der Waals surface area contributed by atoms with Gasteiger partial charge in [-0.3, -0.25) is 4.79 Å². The average Bonchev–Trinajstić information content (AvgIpc) is 3.36. The Labute approximate surface area is 181 Å². The molecule has 1 aliphatic heterocycles. The number of thiazole rings is 1. The van der Waals surface area contributed by atoms with Crippen LogP contribution in [0, 0.1) is 11.2 Å². The van der Waals surface area contributed by atoms with Gasteiger partial charge in [-0.15, -0.1) is 11.3 Å². The molecule has 1 aromatic heterocycles. The van der Waals surface area contributed by atoms with E-state index in [1.807, 2.05) is 18.2 Å². The first kappa shape index (κ1) is 20.5. The zero-order valence-electron chi connectivity index (χ0n) is 15.8. The van der Waals surface area contributed by atoms with Crippen LogP contribution in [0.4, 0.5) is 4.39 Å². The van der Waals surface area contributed by atoms with Gasteiger partial charge in [-0.05, 0) is 36.2 Å². The highest BCUT2D eigenvalue weighted by Crippen LogP contribution is 2.26. The number of benzene rings is 2. The number of aliphatic hydroxyl groups is 1. The molecule has 4 rings (SSSR count). The summed E-state index contributed by atoms with van der Waals surface area (Å²) in [5, 5.41) is 17.9. The van der Waals surface area contributed by atoms with Gasteiger partial charge < -0.3 is 20.1 Å². The lowest BCUT2D eigenvalue weighted by atomic mass is 9.98. The molecule has 154 valence electrons. The van der Waals surface area contributed by atoms with Crippen LogP contribution in [0.15, 0.2) is 64.6 Å². The number of rotatable bonds is 6. The molecule has 2 heterocycles. The summed E-state index contributed by atoms with van der Waals surface area (Å²) in [6.45, 7) is -0.115. The van der Waals surface area contributed by atoms with Gasteiger partial charge in [0.25, 0.3) is 0 Å². The highest BCUT2D eigenvalue weighted by atomic mass is 32.2. The zero-order chi connectivity index (χ0) is 21.1. The Morgan fingerprint density at radius 1 is 1.37 bits per heavy atom. The molecule has 1 fully saturated rings. The molecule has 3 N–H and O–H groups in total. The van der Waals surface area contributed by atoms with Crippen LogP contribution in [0.3, 0.4) is 0 Å². The van der Waals surface area contributed by atoms with E-state index in [0.717, 1.165) is 15.1 Å². The Morgan fingerprint density at radius 2 is 2.20 bits per heavy atom. The number of fused-ring (bicyclic) bond motifs is 1. The summed E-state index contributed by atoms with van der Waals surface area (Å²) < 4.78 is 18.3. The van der Waals surface area contributed by atoms with Crippen molar-refractivity contribution in [3.05, 3.63) is 71.1 Å². The van der Waals surface area contributed by atoms with Gasteiger partial charge in [0.15, 0.2) is 0 Å². The van der Waals surface area contributed by atoms with Crippen molar-refractivity contribution in [3.8, 4) is 0 Å². The van der Waals surface area contributed by atoms with E-state index < -0.39 is 18.3 Å². The van der Waals surface area contributed by atoms with E-state index in [9.17, 15) is 14.3 Å². The zero-order valence-corrected chi connectivity index (χ0v) is 17.5. The lowest BCUT2D eigenvalue weighted by Crippen LogP contribution is -2.35. The van der Waals surface area contributed by atoms with Crippen molar-refractivity contribution < 1.29 is 14.3 Å². The third-order valence-corrected chi connectivity index (χ3v) is 6.40. The van der Waals surface area contributed by atoms with Gasteiger partial charge in [0.2, 0.25) is 5.91 Å². The summed E-state index contributed by atoms with van der Waals surface area (Å²) in [4.78, 5) is 19.6. The quantitative estimate of drug-likeness (QED) is 0.508. The van der Waals surface area contributed by atoms with Crippen molar-refractivity contribution in [1.82, 2.24) is 14.6 Å². The van der Waals surface area contributed by atoms with Gasteiger partial charge in [-0.2, -0.15) is 0 Å². The second-order valence-corrected chi connectivity index (χ2v) is 8.60. The van der Waals surface area contributed by atoms with Crippen LogP contribution < -0.4 is 4.72 Å². The number of hydrogen-bond acceptors (Lipinski definition) is 7. The highest BCUT2D eigenvalue weighted by molar-refractivity contribution is 7.97. The first-order chi connectivity index (χ1) is 14.6. The van der Waals surface area contributed by atoms with E-state index in [2.05, 4.69) is 9.71 Å². The van der Waals surface area contributed by atoms with Crippen molar-refractivity contribution in [3.63, 3.8) is 0 Å². The van der Waals surface area contributed by atoms with E-state index in [1.54, 1.807) is 35.2 Å². The molecule has 30 heavy (non-hydrogen) atoms. The highest BCUT2D eigenvalue weighted by Gasteiger charge is 2.32. The Hall–Kier alpha value is -2.75. The van der Waals surface area contributed by atoms with Crippen molar-refractivity contribution >= 4 is 45.1 Å². The molecular weight excluding hydrogens is 423 g/mol. The lowest BCUT2D eigenvalue weighted by molar-refractivity contribution is -0.132. The van der Waals surface area contributed by atoms with Crippen LogP contribution in [-0.2, 0) is 4.79 Å². The summed E-state index contributed by atoms with van der Waals surface area (Å²) in [5.74, 6) is -1.89. The normalized spacial score (nSPS) is 16.4. The minimum atomic E-state index is -0.980. The fourth-order valence-electron chi connectivity index (χ4n) is 3.29. The van der Waals surface area contributed by atoms with Crippen LogP contribution in [0.1, 0.15) is 11.5 Å². The van der Waals surface area contributed by atoms with Crippen LogP contribution in [-0.4, -0.2) is 46.3 Å². The first-order valence-corrected chi connectivity index (χ1v) is 10.9. The Kier molecular flexibility index (Phi) is 6.12.